The first-order chi connectivity index (χ1) is 9.63. The molecule has 0 aliphatic rings. The first kappa shape index (κ1) is 12.3. The second-order valence-corrected chi connectivity index (χ2v) is 4.59. The van der Waals surface area contributed by atoms with Crippen molar-refractivity contribution in [2.24, 2.45) is 0 Å². The van der Waals surface area contributed by atoms with E-state index >= 15 is 0 Å². The fraction of sp³-hybridized carbons (Fsp3) is 0.143. The van der Waals surface area contributed by atoms with E-state index in [1.54, 1.807) is 23.3 Å². The van der Waals surface area contributed by atoms with Gasteiger partial charge in [0.1, 0.15) is 6.33 Å². The number of aromatic nitrogens is 5. The van der Waals surface area contributed by atoms with Crippen LogP contribution >= 0.6 is 0 Å². The van der Waals surface area contributed by atoms with Crippen LogP contribution in [0.5, 0.6) is 0 Å². The molecule has 3 rings (SSSR count). The van der Waals surface area contributed by atoms with Gasteiger partial charge in [-0.15, -0.1) is 0 Å². The van der Waals surface area contributed by atoms with Crippen LogP contribution in [0.2, 0.25) is 0 Å². The summed E-state index contributed by atoms with van der Waals surface area (Å²) in [6.07, 6.45) is 5.05. The summed E-state index contributed by atoms with van der Waals surface area (Å²) in [4.78, 5) is 16.7. The van der Waals surface area contributed by atoms with Gasteiger partial charge in [0.05, 0.1) is 0 Å². The molecule has 0 amide bonds. The fourth-order valence-corrected chi connectivity index (χ4v) is 1.88. The number of nitrogens with two attached hydrogens (primary N) is 1. The van der Waals surface area contributed by atoms with Crippen LogP contribution in [0.25, 0.3) is 17.3 Å². The minimum Gasteiger partial charge on any atom is -0.368 e. The van der Waals surface area contributed by atoms with E-state index in [0.29, 0.717) is 11.8 Å². The molecule has 0 fully saturated rings. The molecule has 100 valence electrons. The van der Waals surface area contributed by atoms with Gasteiger partial charge in [-0.3, -0.25) is 4.57 Å². The minimum atomic E-state index is 0.192. The maximum absolute atomic E-state index is 5.77. The SMILES string of the molecule is Cc1ccc(-c2nc(N)nc(-n3ccnc3)n2)cc1C. The van der Waals surface area contributed by atoms with Crippen LogP contribution in [0.1, 0.15) is 11.1 Å². The highest BCUT2D eigenvalue weighted by atomic mass is 15.2. The van der Waals surface area contributed by atoms with Crippen molar-refractivity contribution in [3.63, 3.8) is 0 Å². The molecule has 0 unspecified atom stereocenters. The Kier molecular flexibility index (Phi) is 2.90. The van der Waals surface area contributed by atoms with Crippen LogP contribution in [0.15, 0.2) is 36.9 Å². The summed E-state index contributed by atoms with van der Waals surface area (Å²) < 4.78 is 1.70. The maximum atomic E-state index is 5.77. The van der Waals surface area contributed by atoms with Gasteiger partial charge in [0, 0.05) is 18.0 Å². The normalized spacial score (nSPS) is 10.7. The molecular weight excluding hydrogens is 252 g/mol. The summed E-state index contributed by atoms with van der Waals surface area (Å²) in [6.45, 7) is 4.12. The molecule has 3 aromatic rings. The van der Waals surface area contributed by atoms with E-state index in [0.717, 1.165) is 5.56 Å². The molecule has 0 radical (unpaired) electrons. The molecule has 2 N–H and O–H groups in total. The third-order valence-electron chi connectivity index (χ3n) is 3.14. The highest BCUT2D eigenvalue weighted by Crippen LogP contribution is 2.20. The van der Waals surface area contributed by atoms with Gasteiger partial charge < -0.3 is 5.73 Å². The van der Waals surface area contributed by atoms with Gasteiger partial charge in [-0.2, -0.15) is 15.0 Å². The molecule has 0 bridgehead atoms. The van der Waals surface area contributed by atoms with Gasteiger partial charge in [-0.25, -0.2) is 4.98 Å². The van der Waals surface area contributed by atoms with E-state index in [1.165, 1.54) is 11.1 Å². The number of hydrogen-bond acceptors (Lipinski definition) is 5. The molecule has 0 saturated carbocycles. The Morgan fingerprint density at radius 1 is 1.05 bits per heavy atom. The lowest BCUT2D eigenvalue weighted by molar-refractivity contribution is 0.906. The lowest BCUT2D eigenvalue weighted by Gasteiger charge is -2.07. The molecule has 0 atom stereocenters. The zero-order chi connectivity index (χ0) is 14.1. The smallest absolute Gasteiger partial charge is 0.240 e. The van der Waals surface area contributed by atoms with E-state index in [9.17, 15) is 0 Å². The topological polar surface area (TPSA) is 82.5 Å². The Morgan fingerprint density at radius 2 is 1.90 bits per heavy atom. The van der Waals surface area contributed by atoms with Crippen molar-refractivity contribution in [3.05, 3.63) is 48.0 Å². The predicted molar refractivity (Wildman–Crippen MR) is 76.3 cm³/mol. The Balaban J connectivity index is 2.12. The van der Waals surface area contributed by atoms with Gasteiger partial charge in [-0.05, 0) is 31.0 Å². The van der Waals surface area contributed by atoms with Gasteiger partial charge >= 0.3 is 0 Å². The van der Waals surface area contributed by atoms with E-state index in [2.05, 4.69) is 33.8 Å². The number of anilines is 1. The summed E-state index contributed by atoms with van der Waals surface area (Å²) >= 11 is 0. The first-order valence-corrected chi connectivity index (χ1v) is 6.21. The van der Waals surface area contributed by atoms with E-state index < -0.39 is 0 Å². The van der Waals surface area contributed by atoms with E-state index in [4.69, 9.17) is 5.73 Å². The van der Waals surface area contributed by atoms with Crippen molar-refractivity contribution < 1.29 is 0 Å². The maximum Gasteiger partial charge on any atom is 0.240 e. The van der Waals surface area contributed by atoms with Crippen LogP contribution in [-0.4, -0.2) is 24.5 Å². The quantitative estimate of drug-likeness (QED) is 0.766. The fourth-order valence-electron chi connectivity index (χ4n) is 1.88. The molecule has 6 nitrogen and oxygen atoms in total. The molecule has 1 aromatic carbocycles. The molecule has 0 aliphatic carbocycles. The summed E-state index contributed by atoms with van der Waals surface area (Å²) in [5.74, 6) is 1.21. The number of rotatable bonds is 2. The highest BCUT2D eigenvalue weighted by molar-refractivity contribution is 5.58. The monoisotopic (exact) mass is 266 g/mol. The lowest BCUT2D eigenvalue weighted by Crippen LogP contribution is -2.06. The largest absolute Gasteiger partial charge is 0.368 e. The average Bonchev–Trinajstić information content (AvgIpc) is 2.95. The van der Waals surface area contributed by atoms with Crippen molar-refractivity contribution in [1.29, 1.82) is 0 Å². The van der Waals surface area contributed by atoms with Crippen LogP contribution in [0.4, 0.5) is 5.95 Å². The Bertz CT molecular complexity index is 748. The Hall–Kier alpha value is -2.76. The number of imidazole rings is 1. The molecule has 20 heavy (non-hydrogen) atoms. The first-order valence-electron chi connectivity index (χ1n) is 6.21. The van der Waals surface area contributed by atoms with Gasteiger partial charge in [0.25, 0.3) is 0 Å². The number of hydrogen-bond donors (Lipinski definition) is 1. The zero-order valence-electron chi connectivity index (χ0n) is 11.3. The molecule has 0 spiro atoms. The molecule has 2 heterocycles. The second-order valence-electron chi connectivity index (χ2n) is 4.59. The van der Waals surface area contributed by atoms with Crippen molar-refractivity contribution in [3.8, 4) is 17.3 Å². The van der Waals surface area contributed by atoms with Gasteiger partial charge in [0.2, 0.25) is 11.9 Å². The second kappa shape index (κ2) is 4.73. The molecule has 0 aliphatic heterocycles. The summed E-state index contributed by atoms with van der Waals surface area (Å²) in [7, 11) is 0. The van der Waals surface area contributed by atoms with Crippen molar-refractivity contribution >= 4 is 5.95 Å². The third kappa shape index (κ3) is 2.23. The van der Waals surface area contributed by atoms with Crippen molar-refractivity contribution in [1.82, 2.24) is 24.5 Å². The molecular formula is C14H14N6. The number of nitrogens with zero attached hydrogens (tertiary/aromatic N) is 5. The zero-order valence-corrected chi connectivity index (χ0v) is 11.3. The molecule has 0 saturated heterocycles. The number of aryl methyl sites for hydroxylation is 2. The van der Waals surface area contributed by atoms with Crippen LogP contribution in [-0.2, 0) is 0 Å². The molecule has 2 aromatic heterocycles. The van der Waals surface area contributed by atoms with Crippen LogP contribution < -0.4 is 5.73 Å². The third-order valence-corrected chi connectivity index (χ3v) is 3.14. The van der Waals surface area contributed by atoms with Crippen LogP contribution in [0, 0.1) is 13.8 Å². The van der Waals surface area contributed by atoms with Gasteiger partial charge in [-0.1, -0.05) is 12.1 Å². The van der Waals surface area contributed by atoms with Crippen LogP contribution in [0.3, 0.4) is 0 Å². The van der Waals surface area contributed by atoms with E-state index in [-0.39, 0.29) is 5.95 Å². The number of nitrogen functional groups attached to an aromatic ring is 1. The number of benzene rings is 1. The summed E-state index contributed by atoms with van der Waals surface area (Å²) in [5.41, 5.74) is 9.11. The summed E-state index contributed by atoms with van der Waals surface area (Å²) in [5, 5.41) is 0. The minimum absolute atomic E-state index is 0.192. The highest BCUT2D eigenvalue weighted by Gasteiger charge is 2.09. The van der Waals surface area contributed by atoms with E-state index in [1.807, 2.05) is 18.2 Å². The lowest BCUT2D eigenvalue weighted by atomic mass is 10.1. The molecule has 6 heteroatoms. The Labute approximate surface area is 116 Å². The predicted octanol–water partition coefficient (Wildman–Crippen LogP) is 1.92. The average molecular weight is 266 g/mol. The van der Waals surface area contributed by atoms with Crippen molar-refractivity contribution in [2.75, 3.05) is 5.73 Å². The summed E-state index contributed by atoms with van der Waals surface area (Å²) in [6, 6.07) is 6.07. The Morgan fingerprint density at radius 3 is 2.60 bits per heavy atom. The van der Waals surface area contributed by atoms with Crippen molar-refractivity contribution in [2.45, 2.75) is 13.8 Å². The standard InChI is InChI=1S/C14H14N6/c1-9-3-4-11(7-10(9)2)12-17-13(15)19-14(18-12)20-6-5-16-8-20/h3-8H,1-2H3,(H2,15,17,18,19). The van der Waals surface area contributed by atoms with Gasteiger partial charge in [0.15, 0.2) is 5.82 Å².